The summed E-state index contributed by atoms with van der Waals surface area (Å²) in [4.78, 5) is 23.8. The van der Waals surface area contributed by atoms with E-state index < -0.39 is 4.75 Å². The number of unbranched alkanes of at least 4 members (excludes halogenated alkanes) is 1. The molecule has 1 saturated heterocycles. The third-order valence-corrected chi connectivity index (χ3v) is 7.42. The Labute approximate surface area is 226 Å². The number of rotatable bonds is 12. The van der Waals surface area contributed by atoms with Gasteiger partial charge in [-0.25, -0.2) is 0 Å². The lowest BCUT2D eigenvalue weighted by Gasteiger charge is -2.20. The number of nitrogens with one attached hydrogen (secondary N) is 1. The van der Waals surface area contributed by atoms with Crippen molar-refractivity contribution in [2.24, 2.45) is 0 Å². The molecule has 194 valence electrons. The van der Waals surface area contributed by atoms with Crippen LogP contribution in [0.25, 0.3) is 0 Å². The van der Waals surface area contributed by atoms with Gasteiger partial charge in [-0.2, -0.15) is 0 Å². The Balaban J connectivity index is 1.24. The lowest BCUT2D eigenvalue weighted by molar-refractivity contribution is -0.121. The molecule has 37 heavy (non-hydrogen) atoms. The Hall–Kier alpha value is -3.16. The zero-order chi connectivity index (χ0) is 26.3. The number of hydrogen-bond donors (Lipinski definition) is 1. The molecule has 0 aromatic heterocycles. The molecule has 4 rings (SSSR count). The van der Waals surface area contributed by atoms with E-state index in [0.717, 1.165) is 60.3 Å². The van der Waals surface area contributed by atoms with Crippen LogP contribution in [0.1, 0.15) is 44.2 Å². The molecule has 0 radical (unpaired) electrons. The van der Waals surface area contributed by atoms with Crippen molar-refractivity contribution in [2.75, 3.05) is 13.2 Å². The van der Waals surface area contributed by atoms with Crippen LogP contribution in [0.3, 0.4) is 0 Å². The van der Waals surface area contributed by atoms with E-state index in [1.165, 1.54) is 0 Å². The number of imide groups is 1. The molecule has 1 fully saturated rings. The summed E-state index contributed by atoms with van der Waals surface area (Å²) >= 11 is 7.35. The summed E-state index contributed by atoms with van der Waals surface area (Å²) in [7, 11) is 0. The minimum atomic E-state index is -0.987. The summed E-state index contributed by atoms with van der Waals surface area (Å²) in [6.07, 6.45) is 3.53. The predicted molar refractivity (Wildman–Crippen MR) is 147 cm³/mol. The van der Waals surface area contributed by atoms with Crippen molar-refractivity contribution in [3.8, 4) is 23.0 Å². The highest BCUT2D eigenvalue weighted by Crippen LogP contribution is 2.43. The molecule has 1 aliphatic rings. The summed E-state index contributed by atoms with van der Waals surface area (Å²) in [5.74, 6) is 2.69. The number of para-hydroxylation sites is 1. The van der Waals surface area contributed by atoms with Crippen LogP contribution in [0.2, 0.25) is 5.02 Å². The Bertz CT molecular complexity index is 1250. The SMILES string of the molecule is CCCc1cc(Oc2ccccc2)ccc1OCCCCOc1ccc(C2(C)SC(=O)NC2=O)cc1Cl. The third-order valence-electron chi connectivity index (χ3n) is 6.01. The van der Waals surface area contributed by atoms with Gasteiger partial charge >= 0.3 is 0 Å². The van der Waals surface area contributed by atoms with E-state index in [-0.39, 0.29) is 11.1 Å². The fourth-order valence-corrected chi connectivity index (χ4v) is 5.13. The molecule has 8 heteroatoms. The third kappa shape index (κ3) is 6.79. The second-order valence-electron chi connectivity index (χ2n) is 8.86. The Kier molecular flexibility index (Phi) is 9.00. The van der Waals surface area contributed by atoms with Crippen molar-refractivity contribution in [1.82, 2.24) is 5.32 Å². The fraction of sp³-hybridized carbons (Fsp3) is 0.310. The minimum Gasteiger partial charge on any atom is -0.493 e. The number of carbonyl (C=O) groups is 2. The fourth-order valence-electron chi connectivity index (χ4n) is 3.99. The maximum atomic E-state index is 12.2. The van der Waals surface area contributed by atoms with Crippen LogP contribution in [0, 0.1) is 0 Å². The molecule has 3 aromatic rings. The standard InChI is InChI=1S/C29H30ClNO5S/c1-3-9-20-18-23(36-22-10-5-4-6-11-22)13-15-25(20)34-16-7-8-17-35-26-14-12-21(19-24(26)30)29(2)27(32)31-28(33)37-29/h4-6,10-15,18-19H,3,7-9,16-17H2,1-2H3,(H,31,32,33). The van der Waals surface area contributed by atoms with Gasteiger partial charge in [-0.1, -0.05) is 49.2 Å². The first-order valence-corrected chi connectivity index (χ1v) is 13.5. The average molecular weight is 540 g/mol. The van der Waals surface area contributed by atoms with E-state index in [4.69, 9.17) is 25.8 Å². The van der Waals surface area contributed by atoms with Gasteiger partial charge in [-0.15, -0.1) is 0 Å². The van der Waals surface area contributed by atoms with Crippen LogP contribution in [0.4, 0.5) is 4.79 Å². The van der Waals surface area contributed by atoms with Crippen LogP contribution < -0.4 is 19.5 Å². The molecule has 1 atom stereocenters. The molecule has 0 saturated carbocycles. The van der Waals surface area contributed by atoms with Crippen LogP contribution >= 0.6 is 23.4 Å². The number of ether oxygens (including phenoxy) is 3. The number of hydrogen-bond acceptors (Lipinski definition) is 6. The predicted octanol–water partition coefficient (Wildman–Crippen LogP) is 7.52. The molecule has 1 unspecified atom stereocenters. The molecule has 6 nitrogen and oxygen atoms in total. The van der Waals surface area contributed by atoms with Gasteiger partial charge in [0, 0.05) is 0 Å². The van der Waals surface area contributed by atoms with E-state index in [9.17, 15) is 9.59 Å². The van der Waals surface area contributed by atoms with Gasteiger partial charge in [0.1, 0.15) is 27.7 Å². The molecule has 1 N–H and O–H groups in total. The van der Waals surface area contributed by atoms with E-state index in [2.05, 4.69) is 12.2 Å². The van der Waals surface area contributed by atoms with E-state index in [1.807, 2.05) is 48.5 Å². The molecular weight excluding hydrogens is 510 g/mol. The topological polar surface area (TPSA) is 73.9 Å². The molecular formula is C29H30ClNO5S. The van der Waals surface area contributed by atoms with Crippen molar-refractivity contribution in [3.63, 3.8) is 0 Å². The van der Waals surface area contributed by atoms with Gasteiger partial charge in [0.25, 0.3) is 5.24 Å². The van der Waals surface area contributed by atoms with Crippen molar-refractivity contribution in [3.05, 3.63) is 82.9 Å². The van der Waals surface area contributed by atoms with Crippen molar-refractivity contribution < 1.29 is 23.8 Å². The summed E-state index contributed by atoms with van der Waals surface area (Å²) in [5, 5.41) is 2.37. The second-order valence-corrected chi connectivity index (χ2v) is 10.7. The largest absolute Gasteiger partial charge is 0.493 e. The zero-order valence-electron chi connectivity index (χ0n) is 20.9. The molecule has 0 spiro atoms. The molecule has 3 aromatic carbocycles. The van der Waals surface area contributed by atoms with Gasteiger partial charge in [0.15, 0.2) is 0 Å². The first-order valence-electron chi connectivity index (χ1n) is 12.3. The van der Waals surface area contributed by atoms with Gasteiger partial charge < -0.3 is 14.2 Å². The second kappa shape index (κ2) is 12.4. The number of thioether (sulfide) groups is 1. The number of amides is 2. The van der Waals surface area contributed by atoms with Crippen molar-refractivity contribution >= 4 is 34.5 Å². The van der Waals surface area contributed by atoms with Gasteiger partial charge in [0.2, 0.25) is 5.91 Å². The Morgan fingerprint density at radius 3 is 2.24 bits per heavy atom. The smallest absolute Gasteiger partial charge is 0.287 e. The Morgan fingerprint density at radius 2 is 1.59 bits per heavy atom. The normalized spacial score (nSPS) is 16.9. The molecule has 0 aliphatic carbocycles. The number of aryl methyl sites for hydroxylation is 1. The number of halogens is 1. The highest BCUT2D eigenvalue weighted by atomic mass is 35.5. The molecule has 2 amide bonds. The highest BCUT2D eigenvalue weighted by Gasteiger charge is 2.45. The van der Waals surface area contributed by atoms with Crippen molar-refractivity contribution in [1.29, 1.82) is 0 Å². The molecule has 1 aliphatic heterocycles. The van der Waals surface area contributed by atoms with Gasteiger partial charge in [-0.05, 0) is 91.5 Å². The first kappa shape index (κ1) is 26.9. The zero-order valence-corrected chi connectivity index (χ0v) is 22.5. The van der Waals surface area contributed by atoms with Crippen molar-refractivity contribution in [2.45, 2.75) is 44.3 Å². The van der Waals surface area contributed by atoms with E-state index in [1.54, 1.807) is 25.1 Å². The number of carbonyl (C=O) groups excluding carboxylic acids is 2. The van der Waals surface area contributed by atoms with Crippen LogP contribution in [-0.4, -0.2) is 24.4 Å². The summed E-state index contributed by atoms with van der Waals surface area (Å²) < 4.78 is 16.9. The Morgan fingerprint density at radius 1 is 0.892 bits per heavy atom. The maximum absolute atomic E-state index is 12.2. The monoisotopic (exact) mass is 539 g/mol. The molecule has 0 bridgehead atoms. The van der Waals surface area contributed by atoms with Crippen LogP contribution in [0.5, 0.6) is 23.0 Å². The van der Waals surface area contributed by atoms with Gasteiger partial charge in [0.05, 0.1) is 18.2 Å². The summed E-state index contributed by atoms with van der Waals surface area (Å²) in [5.41, 5.74) is 1.79. The lowest BCUT2D eigenvalue weighted by Crippen LogP contribution is -2.31. The van der Waals surface area contributed by atoms with Gasteiger partial charge in [-0.3, -0.25) is 14.9 Å². The number of benzene rings is 3. The highest BCUT2D eigenvalue weighted by molar-refractivity contribution is 8.15. The lowest BCUT2D eigenvalue weighted by atomic mass is 9.99. The van der Waals surface area contributed by atoms with E-state index in [0.29, 0.717) is 29.5 Å². The summed E-state index contributed by atoms with van der Waals surface area (Å²) in [6, 6.07) is 20.9. The maximum Gasteiger partial charge on any atom is 0.287 e. The van der Waals surface area contributed by atoms with Crippen LogP contribution in [-0.2, 0) is 16.0 Å². The quantitative estimate of drug-likeness (QED) is 0.240. The summed E-state index contributed by atoms with van der Waals surface area (Å²) in [6.45, 7) is 4.91. The first-order chi connectivity index (χ1) is 17.9. The minimum absolute atomic E-state index is 0.340. The molecule has 1 heterocycles. The van der Waals surface area contributed by atoms with E-state index >= 15 is 0 Å². The average Bonchev–Trinajstić information content (AvgIpc) is 3.15. The van der Waals surface area contributed by atoms with Crippen LogP contribution in [0.15, 0.2) is 66.7 Å².